The summed E-state index contributed by atoms with van der Waals surface area (Å²) >= 11 is 0. The van der Waals surface area contributed by atoms with Crippen molar-refractivity contribution in [1.82, 2.24) is 9.97 Å². The monoisotopic (exact) mass is 283 g/mol. The Kier molecular flexibility index (Phi) is 3.39. The van der Waals surface area contributed by atoms with Crippen LogP contribution in [0.1, 0.15) is 5.56 Å². The van der Waals surface area contributed by atoms with Gasteiger partial charge in [-0.15, -0.1) is 0 Å². The Hall–Kier alpha value is -2.69. The molecular weight excluding hydrogens is 269 g/mol. The molecule has 1 N–H and O–H groups in total. The van der Waals surface area contributed by atoms with Gasteiger partial charge in [-0.2, -0.15) is 4.98 Å². The molecule has 21 heavy (non-hydrogen) atoms. The highest BCUT2D eigenvalue weighted by molar-refractivity contribution is 5.84. The third-order valence-corrected chi connectivity index (χ3v) is 3.15. The van der Waals surface area contributed by atoms with Gasteiger partial charge >= 0.3 is 0 Å². The smallest absolute Gasteiger partial charge is 0.232 e. The second-order valence-corrected chi connectivity index (χ2v) is 4.61. The SMILES string of the molecule is CNc1nc(Oc2cccc(C)c2F)c2ccccc2n1. The van der Waals surface area contributed by atoms with Crippen LogP contribution in [0.3, 0.4) is 0 Å². The molecule has 0 saturated carbocycles. The Morgan fingerprint density at radius 2 is 1.86 bits per heavy atom. The van der Waals surface area contributed by atoms with Crippen molar-refractivity contribution in [2.75, 3.05) is 12.4 Å². The number of nitrogens with zero attached hydrogens (tertiary/aromatic N) is 2. The van der Waals surface area contributed by atoms with Crippen LogP contribution in [0.4, 0.5) is 10.3 Å². The topological polar surface area (TPSA) is 47.0 Å². The van der Waals surface area contributed by atoms with Crippen LogP contribution in [0.15, 0.2) is 42.5 Å². The minimum absolute atomic E-state index is 0.154. The molecule has 5 heteroatoms. The number of hydrogen-bond donors (Lipinski definition) is 1. The van der Waals surface area contributed by atoms with Gasteiger partial charge in [-0.05, 0) is 30.7 Å². The lowest BCUT2D eigenvalue weighted by atomic mass is 10.2. The largest absolute Gasteiger partial charge is 0.435 e. The maximum atomic E-state index is 14.1. The summed E-state index contributed by atoms with van der Waals surface area (Å²) in [5, 5.41) is 3.61. The van der Waals surface area contributed by atoms with E-state index in [9.17, 15) is 4.39 Å². The third-order valence-electron chi connectivity index (χ3n) is 3.15. The van der Waals surface area contributed by atoms with Gasteiger partial charge in [0.25, 0.3) is 0 Å². The van der Waals surface area contributed by atoms with Crippen LogP contribution in [-0.2, 0) is 0 Å². The minimum atomic E-state index is -0.383. The molecule has 0 aliphatic heterocycles. The summed E-state index contributed by atoms with van der Waals surface area (Å²) in [7, 11) is 1.72. The van der Waals surface area contributed by atoms with Crippen molar-refractivity contribution in [2.45, 2.75) is 6.92 Å². The van der Waals surface area contributed by atoms with Crippen molar-refractivity contribution in [3.63, 3.8) is 0 Å². The number of para-hydroxylation sites is 1. The van der Waals surface area contributed by atoms with E-state index >= 15 is 0 Å². The molecule has 3 aromatic rings. The molecule has 0 unspecified atom stereocenters. The summed E-state index contributed by atoms with van der Waals surface area (Å²) in [6.45, 7) is 1.69. The number of aromatic nitrogens is 2. The maximum Gasteiger partial charge on any atom is 0.232 e. The van der Waals surface area contributed by atoms with Gasteiger partial charge in [0.2, 0.25) is 11.8 Å². The highest BCUT2D eigenvalue weighted by Crippen LogP contribution is 2.30. The number of rotatable bonds is 3. The molecule has 1 aromatic heterocycles. The van der Waals surface area contributed by atoms with Crippen molar-refractivity contribution in [3.05, 3.63) is 53.8 Å². The van der Waals surface area contributed by atoms with E-state index in [1.165, 1.54) is 0 Å². The molecule has 0 radical (unpaired) electrons. The summed E-state index contributed by atoms with van der Waals surface area (Å²) in [6.07, 6.45) is 0. The van der Waals surface area contributed by atoms with E-state index in [2.05, 4.69) is 15.3 Å². The predicted molar refractivity (Wildman–Crippen MR) is 80.3 cm³/mol. The number of fused-ring (bicyclic) bond motifs is 1. The summed E-state index contributed by atoms with van der Waals surface area (Å²) < 4.78 is 19.8. The molecule has 0 amide bonds. The number of ether oxygens (including phenoxy) is 1. The fourth-order valence-corrected chi connectivity index (χ4v) is 2.04. The average molecular weight is 283 g/mol. The lowest BCUT2D eigenvalue weighted by molar-refractivity contribution is 0.430. The fourth-order valence-electron chi connectivity index (χ4n) is 2.04. The van der Waals surface area contributed by atoms with Crippen LogP contribution in [0.2, 0.25) is 0 Å². The van der Waals surface area contributed by atoms with Crippen LogP contribution in [0.25, 0.3) is 10.9 Å². The van der Waals surface area contributed by atoms with E-state index < -0.39 is 0 Å². The Balaban J connectivity index is 2.13. The van der Waals surface area contributed by atoms with Gasteiger partial charge in [0.1, 0.15) is 0 Å². The molecule has 106 valence electrons. The van der Waals surface area contributed by atoms with Gasteiger partial charge in [0.05, 0.1) is 10.9 Å². The van der Waals surface area contributed by atoms with Crippen molar-refractivity contribution in [1.29, 1.82) is 0 Å². The van der Waals surface area contributed by atoms with Gasteiger partial charge in [0, 0.05) is 7.05 Å². The summed E-state index contributed by atoms with van der Waals surface area (Å²) in [6, 6.07) is 12.5. The van der Waals surface area contributed by atoms with Crippen molar-refractivity contribution in [2.24, 2.45) is 0 Å². The van der Waals surface area contributed by atoms with E-state index in [0.717, 1.165) is 10.9 Å². The molecule has 0 aliphatic rings. The summed E-state index contributed by atoms with van der Waals surface area (Å²) in [5.41, 5.74) is 1.26. The zero-order valence-electron chi connectivity index (χ0n) is 11.7. The molecule has 2 aromatic carbocycles. The second kappa shape index (κ2) is 5.36. The molecule has 0 fully saturated rings. The van der Waals surface area contributed by atoms with Crippen LogP contribution >= 0.6 is 0 Å². The molecule has 0 saturated heterocycles. The highest BCUT2D eigenvalue weighted by Gasteiger charge is 2.12. The van der Waals surface area contributed by atoms with Crippen LogP contribution in [-0.4, -0.2) is 17.0 Å². The quantitative estimate of drug-likeness (QED) is 0.791. The van der Waals surface area contributed by atoms with Gasteiger partial charge < -0.3 is 10.1 Å². The zero-order valence-corrected chi connectivity index (χ0v) is 11.7. The maximum absolute atomic E-state index is 14.1. The molecule has 1 heterocycles. The Morgan fingerprint density at radius 3 is 2.67 bits per heavy atom. The third kappa shape index (κ3) is 2.50. The molecule has 0 bridgehead atoms. The van der Waals surface area contributed by atoms with E-state index in [0.29, 0.717) is 17.4 Å². The minimum Gasteiger partial charge on any atom is -0.435 e. The van der Waals surface area contributed by atoms with E-state index in [1.54, 1.807) is 32.2 Å². The number of hydrogen-bond acceptors (Lipinski definition) is 4. The number of aryl methyl sites for hydroxylation is 1. The lowest BCUT2D eigenvalue weighted by Crippen LogP contribution is -2.00. The van der Waals surface area contributed by atoms with Gasteiger partial charge in [-0.25, -0.2) is 9.37 Å². The number of nitrogens with one attached hydrogen (secondary N) is 1. The lowest BCUT2D eigenvalue weighted by Gasteiger charge is -2.11. The Morgan fingerprint density at radius 1 is 1.05 bits per heavy atom. The summed E-state index contributed by atoms with van der Waals surface area (Å²) in [4.78, 5) is 8.61. The van der Waals surface area contributed by atoms with Crippen molar-refractivity contribution in [3.8, 4) is 11.6 Å². The highest BCUT2D eigenvalue weighted by atomic mass is 19.1. The first-order chi connectivity index (χ1) is 10.2. The zero-order chi connectivity index (χ0) is 14.8. The van der Waals surface area contributed by atoms with Gasteiger partial charge in [-0.1, -0.05) is 24.3 Å². The number of benzene rings is 2. The molecule has 4 nitrogen and oxygen atoms in total. The number of anilines is 1. The first-order valence-electron chi connectivity index (χ1n) is 6.56. The molecule has 0 atom stereocenters. The van der Waals surface area contributed by atoms with E-state index in [-0.39, 0.29) is 11.6 Å². The van der Waals surface area contributed by atoms with Crippen LogP contribution in [0.5, 0.6) is 11.6 Å². The van der Waals surface area contributed by atoms with E-state index in [4.69, 9.17) is 4.74 Å². The van der Waals surface area contributed by atoms with Gasteiger partial charge in [0.15, 0.2) is 11.6 Å². The standard InChI is InChI=1S/C16H14FN3O/c1-10-6-5-9-13(14(10)17)21-15-11-7-3-4-8-12(11)19-16(18-2)20-15/h3-9H,1-2H3,(H,18,19,20). The Labute approximate surface area is 121 Å². The van der Waals surface area contributed by atoms with Crippen molar-refractivity contribution < 1.29 is 9.13 Å². The second-order valence-electron chi connectivity index (χ2n) is 4.61. The van der Waals surface area contributed by atoms with Crippen LogP contribution < -0.4 is 10.1 Å². The predicted octanol–water partition coefficient (Wildman–Crippen LogP) is 3.91. The average Bonchev–Trinajstić information content (AvgIpc) is 2.51. The molecule has 0 spiro atoms. The normalized spacial score (nSPS) is 10.6. The molecular formula is C16H14FN3O. The molecule has 0 aliphatic carbocycles. The Bertz CT molecular complexity index is 805. The molecule has 3 rings (SSSR count). The van der Waals surface area contributed by atoms with Gasteiger partial charge in [-0.3, -0.25) is 0 Å². The fraction of sp³-hybridized carbons (Fsp3) is 0.125. The first kappa shape index (κ1) is 13.3. The first-order valence-corrected chi connectivity index (χ1v) is 6.56. The number of halogens is 1. The van der Waals surface area contributed by atoms with E-state index in [1.807, 2.05) is 24.3 Å². The summed E-state index contributed by atoms with van der Waals surface area (Å²) in [5.74, 6) is 0.526. The van der Waals surface area contributed by atoms with Crippen LogP contribution in [0, 0.1) is 12.7 Å². The van der Waals surface area contributed by atoms with Crippen molar-refractivity contribution >= 4 is 16.9 Å².